The minimum atomic E-state index is -3.24. The molecule has 1 N–H and O–H groups in total. The molecule has 1 aliphatic heterocycles. The molecule has 3 rings (SSSR count). The van der Waals surface area contributed by atoms with E-state index < -0.39 is 15.9 Å². The summed E-state index contributed by atoms with van der Waals surface area (Å²) in [6.07, 6.45) is 2.06. The normalized spacial score (nSPS) is 15.1. The average molecular weight is 384 g/mol. The van der Waals surface area contributed by atoms with Crippen LogP contribution in [0.1, 0.15) is 46.6 Å². The fourth-order valence-corrected chi connectivity index (χ4v) is 5.26. The van der Waals surface area contributed by atoms with Crippen LogP contribution in [0.15, 0.2) is 10.6 Å². The SMILES string of the molecule is CCCCS(=O)(=O)N1CCc2nc(NC(=O)c3cc(C)on3)sc2C1. The first kappa shape index (κ1) is 18.0. The molecule has 1 amide bonds. The molecular weight excluding hydrogens is 364 g/mol. The largest absolute Gasteiger partial charge is 0.361 e. The smallest absolute Gasteiger partial charge is 0.279 e. The van der Waals surface area contributed by atoms with Crippen molar-refractivity contribution in [1.82, 2.24) is 14.4 Å². The van der Waals surface area contributed by atoms with Crippen molar-refractivity contribution in [3.05, 3.63) is 28.1 Å². The van der Waals surface area contributed by atoms with Crippen LogP contribution in [0.3, 0.4) is 0 Å². The number of nitrogens with one attached hydrogen (secondary N) is 1. The zero-order valence-electron chi connectivity index (χ0n) is 14.1. The quantitative estimate of drug-likeness (QED) is 0.818. The molecule has 0 bridgehead atoms. The highest BCUT2D eigenvalue weighted by Gasteiger charge is 2.29. The summed E-state index contributed by atoms with van der Waals surface area (Å²) in [4.78, 5) is 17.4. The third kappa shape index (κ3) is 4.07. The molecule has 1 aliphatic rings. The molecule has 25 heavy (non-hydrogen) atoms. The van der Waals surface area contributed by atoms with Crippen LogP contribution in [0.2, 0.25) is 0 Å². The monoisotopic (exact) mass is 384 g/mol. The van der Waals surface area contributed by atoms with Gasteiger partial charge in [0.2, 0.25) is 10.0 Å². The molecule has 2 aromatic rings. The number of aryl methyl sites for hydroxylation is 1. The Balaban J connectivity index is 1.69. The number of unbranched alkanes of at least 4 members (excludes halogenated alkanes) is 1. The number of hydrogen-bond acceptors (Lipinski definition) is 7. The number of rotatable bonds is 6. The molecule has 0 spiro atoms. The van der Waals surface area contributed by atoms with Gasteiger partial charge in [0.1, 0.15) is 5.76 Å². The number of hydrogen-bond donors (Lipinski definition) is 1. The minimum absolute atomic E-state index is 0.173. The highest BCUT2D eigenvalue weighted by atomic mass is 32.2. The van der Waals surface area contributed by atoms with Crippen LogP contribution in [0.25, 0.3) is 0 Å². The fourth-order valence-electron chi connectivity index (χ4n) is 2.55. The summed E-state index contributed by atoms with van der Waals surface area (Å²) in [5.41, 5.74) is 1.04. The van der Waals surface area contributed by atoms with E-state index in [1.807, 2.05) is 6.92 Å². The lowest BCUT2D eigenvalue weighted by Crippen LogP contribution is -2.37. The van der Waals surface area contributed by atoms with Gasteiger partial charge in [-0.15, -0.1) is 11.3 Å². The van der Waals surface area contributed by atoms with Gasteiger partial charge in [-0.25, -0.2) is 13.4 Å². The number of aromatic nitrogens is 2. The third-order valence-corrected chi connectivity index (χ3v) is 6.83. The lowest BCUT2D eigenvalue weighted by atomic mass is 10.2. The summed E-state index contributed by atoms with van der Waals surface area (Å²) in [5.74, 6) is 0.333. The van der Waals surface area contributed by atoms with E-state index in [9.17, 15) is 13.2 Å². The van der Waals surface area contributed by atoms with E-state index in [4.69, 9.17) is 4.52 Å². The van der Waals surface area contributed by atoms with Gasteiger partial charge in [0.15, 0.2) is 10.8 Å². The maximum Gasteiger partial charge on any atom is 0.279 e. The number of carbonyl (C=O) groups is 1. The molecule has 0 aliphatic carbocycles. The van der Waals surface area contributed by atoms with Gasteiger partial charge in [0.25, 0.3) is 5.91 Å². The number of amides is 1. The summed E-state index contributed by atoms with van der Waals surface area (Å²) >= 11 is 1.30. The van der Waals surface area contributed by atoms with Crippen LogP contribution in [-0.2, 0) is 23.0 Å². The molecule has 8 nitrogen and oxygen atoms in total. The third-order valence-electron chi connectivity index (χ3n) is 3.93. The molecule has 0 saturated heterocycles. The van der Waals surface area contributed by atoms with Crippen LogP contribution in [0.4, 0.5) is 5.13 Å². The van der Waals surface area contributed by atoms with Gasteiger partial charge in [0, 0.05) is 30.5 Å². The van der Waals surface area contributed by atoms with Gasteiger partial charge in [0.05, 0.1) is 11.4 Å². The van der Waals surface area contributed by atoms with Gasteiger partial charge in [-0.2, -0.15) is 4.31 Å². The van der Waals surface area contributed by atoms with E-state index in [2.05, 4.69) is 15.5 Å². The first-order valence-electron chi connectivity index (χ1n) is 8.10. The van der Waals surface area contributed by atoms with Crippen LogP contribution in [0.5, 0.6) is 0 Å². The Morgan fingerprint density at radius 3 is 2.96 bits per heavy atom. The molecule has 0 aromatic carbocycles. The van der Waals surface area contributed by atoms with Crippen molar-refractivity contribution >= 4 is 32.4 Å². The summed E-state index contributed by atoms with van der Waals surface area (Å²) in [7, 11) is -3.24. The first-order chi connectivity index (χ1) is 11.9. The van der Waals surface area contributed by atoms with Crippen LogP contribution in [0, 0.1) is 6.92 Å². The fraction of sp³-hybridized carbons (Fsp3) is 0.533. The van der Waals surface area contributed by atoms with Crippen molar-refractivity contribution in [2.24, 2.45) is 0 Å². The zero-order valence-corrected chi connectivity index (χ0v) is 15.7. The van der Waals surface area contributed by atoms with Crippen molar-refractivity contribution in [2.45, 2.75) is 39.7 Å². The van der Waals surface area contributed by atoms with Gasteiger partial charge in [-0.05, 0) is 13.3 Å². The van der Waals surface area contributed by atoms with Gasteiger partial charge < -0.3 is 4.52 Å². The Morgan fingerprint density at radius 1 is 1.48 bits per heavy atom. The van der Waals surface area contributed by atoms with E-state index in [0.29, 0.717) is 36.8 Å². The van der Waals surface area contributed by atoms with E-state index in [0.717, 1.165) is 17.0 Å². The molecule has 2 aromatic heterocycles. The minimum Gasteiger partial charge on any atom is -0.361 e. The van der Waals surface area contributed by atoms with Crippen LogP contribution < -0.4 is 5.32 Å². The zero-order chi connectivity index (χ0) is 18.0. The Bertz CT molecular complexity index is 872. The summed E-state index contributed by atoms with van der Waals surface area (Å²) in [6.45, 7) is 4.43. The predicted octanol–water partition coefficient (Wildman–Crippen LogP) is 2.18. The number of sulfonamides is 1. The summed E-state index contributed by atoms with van der Waals surface area (Å²) in [5, 5.41) is 6.81. The molecular formula is C15H20N4O4S2. The molecule has 10 heteroatoms. The maximum atomic E-state index is 12.3. The van der Waals surface area contributed by atoms with Crippen molar-refractivity contribution in [1.29, 1.82) is 0 Å². The molecule has 136 valence electrons. The van der Waals surface area contributed by atoms with E-state index in [-0.39, 0.29) is 11.4 Å². The molecule has 0 unspecified atom stereocenters. The Kier molecular flexibility index (Phi) is 5.21. The number of carbonyl (C=O) groups excluding carboxylic acids is 1. The Morgan fingerprint density at radius 2 is 2.28 bits per heavy atom. The maximum absolute atomic E-state index is 12.3. The van der Waals surface area contributed by atoms with Crippen molar-refractivity contribution in [3.63, 3.8) is 0 Å². The Labute approximate surface area is 150 Å². The van der Waals surface area contributed by atoms with Gasteiger partial charge >= 0.3 is 0 Å². The van der Waals surface area contributed by atoms with E-state index >= 15 is 0 Å². The second-order valence-corrected chi connectivity index (χ2v) is 9.09. The first-order valence-corrected chi connectivity index (χ1v) is 10.5. The molecule has 0 fully saturated rings. The van der Waals surface area contributed by atoms with Crippen molar-refractivity contribution in [3.8, 4) is 0 Å². The highest BCUT2D eigenvalue weighted by Crippen LogP contribution is 2.30. The second kappa shape index (κ2) is 7.22. The predicted molar refractivity (Wildman–Crippen MR) is 94.1 cm³/mol. The standard InChI is InChI=1S/C15H20N4O4S2/c1-3-4-7-25(21,22)19-6-5-11-13(9-19)24-15(16-11)17-14(20)12-8-10(2)23-18-12/h8H,3-7,9H2,1-2H3,(H,16,17,20). The molecule has 0 atom stereocenters. The summed E-state index contributed by atoms with van der Waals surface area (Å²) < 4.78 is 31.1. The number of thiazole rings is 1. The number of fused-ring (bicyclic) bond motifs is 1. The van der Waals surface area contributed by atoms with Gasteiger partial charge in [-0.1, -0.05) is 18.5 Å². The second-order valence-electron chi connectivity index (χ2n) is 5.92. The topological polar surface area (TPSA) is 105 Å². The lowest BCUT2D eigenvalue weighted by Gasteiger charge is -2.25. The molecule has 0 saturated carbocycles. The summed E-state index contributed by atoms with van der Waals surface area (Å²) in [6, 6.07) is 1.55. The van der Waals surface area contributed by atoms with Gasteiger partial charge in [-0.3, -0.25) is 10.1 Å². The van der Waals surface area contributed by atoms with E-state index in [1.54, 1.807) is 13.0 Å². The van der Waals surface area contributed by atoms with Crippen molar-refractivity contribution in [2.75, 3.05) is 17.6 Å². The lowest BCUT2D eigenvalue weighted by molar-refractivity contribution is 0.101. The number of anilines is 1. The van der Waals surface area contributed by atoms with Crippen molar-refractivity contribution < 1.29 is 17.7 Å². The Hall–Kier alpha value is -1.78. The highest BCUT2D eigenvalue weighted by molar-refractivity contribution is 7.89. The van der Waals surface area contributed by atoms with Crippen LogP contribution in [-0.4, -0.2) is 41.1 Å². The van der Waals surface area contributed by atoms with E-state index in [1.165, 1.54) is 15.6 Å². The van der Waals surface area contributed by atoms with Crippen LogP contribution >= 0.6 is 11.3 Å². The molecule has 3 heterocycles. The molecule has 0 radical (unpaired) electrons. The number of nitrogens with zero attached hydrogens (tertiary/aromatic N) is 3. The average Bonchev–Trinajstić information content (AvgIpc) is 3.17.